The number of nitro benzene ring substituents is 1. The Kier molecular flexibility index (Phi) is 5.17. The molecule has 0 spiro atoms. The summed E-state index contributed by atoms with van der Waals surface area (Å²) in [6.45, 7) is 0. The molecule has 0 saturated heterocycles. The molecule has 7 nitrogen and oxygen atoms in total. The maximum atomic E-state index is 13.1. The zero-order chi connectivity index (χ0) is 22.1. The summed E-state index contributed by atoms with van der Waals surface area (Å²) in [5, 5.41) is 20.5. The summed E-state index contributed by atoms with van der Waals surface area (Å²) in [7, 11) is 0. The van der Waals surface area contributed by atoms with Crippen LogP contribution in [0.1, 0.15) is 49.0 Å². The summed E-state index contributed by atoms with van der Waals surface area (Å²) >= 11 is 0. The van der Waals surface area contributed by atoms with Crippen molar-refractivity contribution in [2.45, 2.75) is 12.3 Å². The Bertz CT molecular complexity index is 1160. The number of nitro groups is 1. The molecule has 154 valence electrons. The average molecular weight is 415 g/mol. The standard InChI is InChI=1S/C24H17NO6/c26-17-11-7-14(8-12-17)20(13-21(27)15-5-9-16(10-6-15)25(30)31)22-23(28)18-3-1-2-4-19(18)24(22)29/h1-12,20,22,26H,13H2. The molecule has 0 heterocycles. The molecule has 1 aliphatic rings. The highest BCUT2D eigenvalue weighted by Gasteiger charge is 2.44. The molecule has 3 aromatic rings. The number of aromatic hydroxyl groups is 1. The van der Waals surface area contributed by atoms with Crippen LogP contribution in [0.4, 0.5) is 5.69 Å². The summed E-state index contributed by atoms with van der Waals surface area (Å²) in [5.41, 5.74) is 1.37. The number of Topliss-reactive ketones (excluding diaryl/α,β-unsaturated/α-hetero) is 3. The van der Waals surface area contributed by atoms with E-state index >= 15 is 0 Å². The number of hydrogen-bond donors (Lipinski definition) is 1. The van der Waals surface area contributed by atoms with Crippen LogP contribution >= 0.6 is 0 Å². The van der Waals surface area contributed by atoms with Gasteiger partial charge in [0.05, 0.1) is 10.8 Å². The fourth-order valence-electron chi connectivity index (χ4n) is 3.97. The average Bonchev–Trinajstić information content (AvgIpc) is 3.03. The number of ketones is 3. The normalized spacial score (nSPS) is 14.3. The molecule has 0 saturated carbocycles. The van der Waals surface area contributed by atoms with Gasteiger partial charge in [-0.3, -0.25) is 24.5 Å². The van der Waals surface area contributed by atoms with Crippen molar-refractivity contribution in [1.82, 2.24) is 0 Å². The number of carbonyl (C=O) groups is 3. The van der Waals surface area contributed by atoms with E-state index in [1.165, 1.54) is 36.4 Å². The summed E-state index contributed by atoms with van der Waals surface area (Å²) in [5.74, 6) is -2.79. The van der Waals surface area contributed by atoms with E-state index in [9.17, 15) is 29.6 Å². The maximum absolute atomic E-state index is 13.1. The van der Waals surface area contributed by atoms with E-state index in [-0.39, 0.29) is 40.8 Å². The number of benzene rings is 3. The van der Waals surface area contributed by atoms with E-state index in [1.54, 1.807) is 36.4 Å². The summed E-state index contributed by atoms with van der Waals surface area (Å²) in [6.07, 6.45) is -0.140. The highest BCUT2D eigenvalue weighted by molar-refractivity contribution is 6.27. The van der Waals surface area contributed by atoms with Crippen molar-refractivity contribution >= 4 is 23.0 Å². The van der Waals surface area contributed by atoms with Gasteiger partial charge >= 0.3 is 0 Å². The molecule has 0 amide bonds. The van der Waals surface area contributed by atoms with Crippen LogP contribution in [0.25, 0.3) is 0 Å². The van der Waals surface area contributed by atoms with Crippen LogP contribution < -0.4 is 0 Å². The Morgan fingerprint density at radius 3 is 1.97 bits per heavy atom. The van der Waals surface area contributed by atoms with Gasteiger partial charge in [-0.1, -0.05) is 36.4 Å². The number of phenolic OH excluding ortho intramolecular Hbond substituents is 1. The van der Waals surface area contributed by atoms with Crippen molar-refractivity contribution < 1.29 is 24.4 Å². The zero-order valence-electron chi connectivity index (χ0n) is 16.2. The van der Waals surface area contributed by atoms with E-state index in [0.29, 0.717) is 16.7 Å². The lowest BCUT2D eigenvalue weighted by Crippen LogP contribution is -2.26. The third-order valence-electron chi connectivity index (χ3n) is 5.55. The summed E-state index contributed by atoms with van der Waals surface area (Å²) in [6, 6.07) is 17.8. The van der Waals surface area contributed by atoms with Gasteiger partial charge in [0.1, 0.15) is 5.75 Å². The van der Waals surface area contributed by atoms with Crippen molar-refractivity contribution in [2.75, 3.05) is 0 Å². The van der Waals surface area contributed by atoms with E-state index in [4.69, 9.17) is 0 Å². The Hall–Kier alpha value is -4.13. The molecule has 0 aliphatic heterocycles. The van der Waals surface area contributed by atoms with Crippen LogP contribution in [0.15, 0.2) is 72.8 Å². The quantitative estimate of drug-likeness (QED) is 0.277. The number of rotatable bonds is 6. The first-order valence-electron chi connectivity index (χ1n) is 9.61. The van der Waals surface area contributed by atoms with Crippen LogP contribution in [-0.2, 0) is 0 Å². The van der Waals surface area contributed by atoms with Gasteiger partial charge in [0, 0.05) is 41.2 Å². The Labute approximate surface area is 177 Å². The molecule has 7 heteroatoms. The smallest absolute Gasteiger partial charge is 0.269 e. The van der Waals surface area contributed by atoms with Gasteiger partial charge in [-0.2, -0.15) is 0 Å². The minimum Gasteiger partial charge on any atom is -0.508 e. The van der Waals surface area contributed by atoms with Crippen LogP contribution in [0.2, 0.25) is 0 Å². The Morgan fingerprint density at radius 2 is 1.45 bits per heavy atom. The van der Waals surface area contributed by atoms with Crippen molar-refractivity contribution in [1.29, 1.82) is 0 Å². The molecule has 31 heavy (non-hydrogen) atoms. The number of non-ortho nitro benzene ring substituents is 1. The van der Waals surface area contributed by atoms with Crippen LogP contribution in [-0.4, -0.2) is 27.4 Å². The fourth-order valence-corrected chi connectivity index (χ4v) is 3.97. The van der Waals surface area contributed by atoms with Gasteiger partial charge in [0.15, 0.2) is 17.3 Å². The molecule has 0 radical (unpaired) electrons. The molecule has 0 fully saturated rings. The molecule has 1 unspecified atom stereocenters. The van der Waals surface area contributed by atoms with Crippen molar-refractivity contribution in [2.24, 2.45) is 5.92 Å². The lowest BCUT2D eigenvalue weighted by molar-refractivity contribution is -0.384. The van der Waals surface area contributed by atoms with Gasteiger partial charge in [-0.25, -0.2) is 0 Å². The first kappa shape index (κ1) is 20.2. The largest absolute Gasteiger partial charge is 0.508 e. The lowest BCUT2D eigenvalue weighted by Gasteiger charge is -2.21. The van der Waals surface area contributed by atoms with E-state index < -0.39 is 16.8 Å². The monoisotopic (exact) mass is 415 g/mol. The number of hydrogen-bond acceptors (Lipinski definition) is 6. The number of phenols is 1. The van der Waals surface area contributed by atoms with E-state index in [1.807, 2.05) is 0 Å². The van der Waals surface area contributed by atoms with Crippen LogP contribution in [0.3, 0.4) is 0 Å². The third kappa shape index (κ3) is 3.73. The van der Waals surface area contributed by atoms with Crippen molar-refractivity contribution in [3.63, 3.8) is 0 Å². The molecular weight excluding hydrogens is 398 g/mol. The molecule has 0 aromatic heterocycles. The molecule has 1 N–H and O–H groups in total. The second kappa shape index (κ2) is 7.95. The topological polar surface area (TPSA) is 115 Å². The minimum absolute atomic E-state index is 0.0246. The Morgan fingerprint density at radius 1 is 0.903 bits per heavy atom. The molecular formula is C24H17NO6. The predicted molar refractivity (Wildman–Crippen MR) is 111 cm³/mol. The maximum Gasteiger partial charge on any atom is 0.269 e. The number of nitrogens with zero attached hydrogens (tertiary/aromatic N) is 1. The van der Waals surface area contributed by atoms with Gasteiger partial charge in [0.25, 0.3) is 5.69 Å². The van der Waals surface area contributed by atoms with Gasteiger partial charge in [-0.05, 0) is 29.8 Å². The lowest BCUT2D eigenvalue weighted by atomic mass is 9.79. The fraction of sp³-hybridized carbons (Fsp3) is 0.125. The van der Waals surface area contributed by atoms with Gasteiger partial charge < -0.3 is 5.11 Å². The molecule has 3 aromatic carbocycles. The number of carbonyl (C=O) groups excluding carboxylic acids is 3. The third-order valence-corrected chi connectivity index (χ3v) is 5.55. The second-order valence-corrected chi connectivity index (χ2v) is 7.38. The Balaban J connectivity index is 1.70. The van der Waals surface area contributed by atoms with Crippen molar-refractivity contribution in [3.05, 3.63) is 105 Å². The molecule has 0 bridgehead atoms. The first-order valence-corrected chi connectivity index (χ1v) is 9.61. The van der Waals surface area contributed by atoms with Crippen molar-refractivity contribution in [3.8, 4) is 5.75 Å². The van der Waals surface area contributed by atoms with Crippen LogP contribution in [0, 0.1) is 16.0 Å². The van der Waals surface area contributed by atoms with Gasteiger partial charge in [0.2, 0.25) is 0 Å². The molecule has 1 aliphatic carbocycles. The van der Waals surface area contributed by atoms with E-state index in [2.05, 4.69) is 0 Å². The SMILES string of the molecule is O=C(CC(c1ccc(O)cc1)C1C(=O)c2ccccc2C1=O)c1ccc([N+](=O)[O-])cc1. The highest BCUT2D eigenvalue weighted by atomic mass is 16.6. The molecule has 1 atom stereocenters. The minimum atomic E-state index is -1.05. The van der Waals surface area contributed by atoms with Gasteiger partial charge in [-0.15, -0.1) is 0 Å². The summed E-state index contributed by atoms with van der Waals surface area (Å²) in [4.78, 5) is 49.4. The second-order valence-electron chi connectivity index (χ2n) is 7.38. The van der Waals surface area contributed by atoms with E-state index in [0.717, 1.165) is 0 Å². The first-order chi connectivity index (χ1) is 14.9. The highest BCUT2D eigenvalue weighted by Crippen LogP contribution is 2.39. The number of fused-ring (bicyclic) bond motifs is 1. The summed E-state index contributed by atoms with van der Waals surface area (Å²) < 4.78 is 0. The van der Waals surface area contributed by atoms with Crippen LogP contribution in [0.5, 0.6) is 5.75 Å². The molecule has 4 rings (SSSR count). The predicted octanol–water partition coefficient (Wildman–Crippen LogP) is 4.35. The zero-order valence-corrected chi connectivity index (χ0v) is 16.2.